The summed E-state index contributed by atoms with van der Waals surface area (Å²) in [5.41, 5.74) is 3.28. The van der Waals surface area contributed by atoms with Gasteiger partial charge in [-0.2, -0.15) is 0 Å². The zero-order valence-electron chi connectivity index (χ0n) is 13.2. The third kappa shape index (κ3) is 3.64. The van der Waals surface area contributed by atoms with Crippen molar-refractivity contribution >= 4 is 17.6 Å². The van der Waals surface area contributed by atoms with Crippen molar-refractivity contribution in [3.63, 3.8) is 0 Å². The van der Waals surface area contributed by atoms with E-state index in [9.17, 15) is 14.3 Å². The van der Waals surface area contributed by atoms with Crippen LogP contribution in [0.1, 0.15) is 38.0 Å². The van der Waals surface area contributed by atoms with Gasteiger partial charge in [-0.3, -0.25) is 0 Å². The number of aryl methyl sites for hydroxylation is 1. The number of rotatable bonds is 4. The molecule has 2 aromatic rings. The SMILES string of the molecule is COC(=O)c1c(O)cc(C)c(CC(Cl)c2ccc(F)cc2)c1C. The van der Waals surface area contributed by atoms with E-state index in [1.54, 1.807) is 19.1 Å². The number of benzene rings is 2. The number of esters is 1. The number of phenolic OH excluding ortho intramolecular Hbond substituents is 1. The van der Waals surface area contributed by atoms with Crippen molar-refractivity contribution in [2.24, 2.45) is 0 Å². The quantitative estimate of drug-likeness (QED) is 0.662. The van der Waals surface area contributed by atoms with Crippen LogP contribution in [-0.2, 0) is 11.2 Å². The molecule has 0 radical (unpaired) electrons. The largest absolute Gasteiger partial charge is 0.507 e. The lowest BCUT2D eigenvalue weighted by molar-refractivity contribution is 0.0596. The molecule has 1 unspecified atom stereocenters. The van der Waals surface area contributed by atoms with Crippen LogP contribution in [0.25, 0.3) is 0 Å². The third-order valence-electron chi connectivity index (χ3n) is 3.92. The Balaban J connectivity index is 2.39. The summed E-state index contributed by atoms with van der Waals surface area (Å²) in [7, 11) is 1.27. The number of aromatic hydroxyl groups is 1. The second kappa shape index (κ2) is 7.01. The Morgan fingerprint density at radius 3 is 2.48 bits per heavy atom. The average Bonchev–Trinajstić information content (AvgIpc) is 2.51. The van der Waals surface area contributed by atoms with Crippen LogP contribution < -0.4 is 0 Å². The van der Waals surface area contributed by atoms with E-state index in [4.69, 9.17) is 16.3 Å². The zero-order valence-corrected chi connectivity index (χ0v) is 13.9. The van der Waals surface area contributed by atoms with Crippen LogP contribution in [-0.4, -0.2) is 18.2 Å². The van der Waals surface area contributed by atoms with Gasteiger partial charge in [-0.25, -0.2) is 9.18 Å². The normalized spacial score (nSPS) is 12.0. The molecule has 0 saturated heterocycles. The van der Waals surface area contributed by atoms with Crippen LogP contribution in [0.4, 0.5) is 4.39 Å². The van der Waals surface area contributed by atoms with Crippen molar-refractivity contribution in [2.45, 2.75) is 25.6 Å². The Kier molecular flexibility index (Phi) is 5.26. The summed E-state index contributed by atoms with van der Waals surface area (Å²) in [4.78, 5) is 11.9. The number of methoxy groups -OCH3 is 1. The van der Waals surface area contributed by atoms with Gasteiger partial charge < -0.3 is 9.84 Å². The highest BCUT2D eigenvalue weighted by Crippen LogP contribution is 2.33. The molecule has 0 aliphatic heterocycles. The number of carbonyl (C=O) groups excluding carboxylic acids is 1. The van der Waals surface area contributed by atoms with E-state index in [-0.39, 0.29) is 22.5 Å². The van der Waals surface area contributed by atoms with Crippen LogP contribution >= 0.6 is 11.6 Å². The summed E-state index contributed by atoms with van der Waals surface area (Å²) in [6.45, 7) is 3.60. The molecule has 1 atom stereocenters. The molecule has 5 heteroatoms. The molecule has 0 amide bonds. The van der Waals surface area contributed by atoms with E-state index < -0.39 is 5.97 Å². The van der Waals surface area contributed by atoms with E-state index in [0.29, 0.717) is 12.0 Å². The van der Waals surface area contributed by atoms with Crippen molar-refractivity contribution in [3.05, 3.63) is 64.0 Å². The van der Waals surface area contributed by atoms with Crippen molar-refractivity contribution < 1.29 is 19.0 Å². The van der Waals surface area contributed by atoms with E-state index >= 15 is 0 Å². The molecule has 0 fully saturated rings. The molecular formula is C18H18ClFO3. The number of halogens is 2. The highest BCUT2D eigenvalue weighted by Gasteiger charge is 2.21. The fourth-order valence-electron chi connectivity index (χ4n) is 2.65. The maximum atomic E-state index is 13.0. The molecule has 1 N–H and O–H groups in total. The molecule has 2 rings (SSSR count). The second-order valence-corrected chi connectivity index (χ2v) is 5.93. The fourth-order valence-corrected chi connectivity index (χ4v) is 2.95. The van der Waals surface area contributed by atoms with Crippen LogP contribution in [0.15, 0.2) is 30.3 Å². The monoisotopic (exact) mass is 336 g/mol. The maximum Gasteiger partial charge on any atom is 0.341 e. The van der Waals surface area contributed by atoms with Gasteiger partial charge in [-0.15, -0.1) is 11.6 Å². The summed E-state index contributed by atoms with van der Waals surface area (Å²) in [6.07, 6.45) is 0.454. The number of alkyl halides is 1. The van der Waals surface area contributed by atoms with Gasteiger partial charge in [0.2, 0.25) is 0 Å². The van der Waals surface area contributed by atoms with Crippen molar-refractivity contribution in [1.82, 2.24) is 0 Å². The molecule has 0 aromatic heterocycles. The first kappa shape index (κ1) is 17.3. The Bertz CT molecular complexity index is 726. The minimum Gasteiger partial charge on any atom is -0.507 e. The van der Waals surface area contributed by atoms with Gasteiger partial charge in [0.25, 0.3) is 0 Å². The van der Waals surface area contributed by atoms with Crippen molar-refractivity contribution in [3.8, 4) is 5.75 Å². The van der Waals surface area contributed by atoms with Gasteiger partial charge in [0, 0.05) is 0 Å². The van der Waals surface area contributed by atoms with Gasteiger partial charge in [0.15, 0.2) is 0 Å². The van der Waals surface area contributed by atoms with Crippen LogP contribution in [0.5, 0.6) is 5.75 Å². The first-order chi connectivity index (χ1) is 10.8. The fraction of sp³-hybridized carbons (Fsp3) is 0.278. The molecule has 0 aliphatic rings. The summed E-state index contributed by atoms with van der Waals surface area (Å²) in [5, 5.41) is 9.63. The summed E-state index contributed by atoms with van der Waals surface area (Å²) in [6, 6.07) is 7.53. The Labute approximate surface area is 139 Å². The third-order valence-corrected chi connectivity index (χ3v) is 4.32. The maximum absolute atomic E-state index is 13.0. The average molecular weight is 337 g/mol. The highest BCUT2D eigenvalue weighted by molar-refractivity contribution is 6.21. The number of phenols is 1. The number of hydrogen-bond acceptors (Lipinski definition) is 3. The van der Waals surface area contributed by atoms with E-state index in [2.05, 4.69) is 0 Å². The molecule has 0 heterocycles. The number of carbonyl (C=O) groups is 1. The first-order valence-electron chi connectivity index (χ1n) is 7.15. The molecule has 0 saturated carbocycles. The number of hydrogen-bond donors (Lipinski definition) is 1. The zero-order chi connectivity index (χ0) is 17.1. The summed E-state index contributed by atoms with van der Waals surface area (Å²) in [5.74, 6) is -1.01. The molecule has 0 spiro atoms. The topological polar surface area (TPSA) is 46.5 Å². The minimum absolute atomic E-state index is 0.108. The molecule has 3 nitrogen and oxygen atoms in total. The van der Waals surface area contributed by atoms with E-state index in [1.165, 1.54) is 25.3 Å². The molecule has 0 aliphatic carbocycles. The van der Waals surface area contributed by atoms with Crippen LogP contribution in [0.2, 0.25) is 0 Å². The van der Waals surface area contributed by atoms with Gasteiger partial charge in [-0.05, 0) is 60.7 Å². The lowest BCUT2D eigenvalue weighted by Gasteiger charge is -2.18. The predicted molar refractivity (Wildman–Crippen MR) is 87.6 cm³/mol. The van der Waals surface area contributed by atoms with Gasteiger partial charge in [0.05, 0.1) is 12.5 Å². The minimum atomic E-state index is -0.589. The number of ether oxygens (including phenoxy) is 1. The van der Waals surface area contributed by atoms with E-state index in [1.807, 2.05) is 6.92 Å². The molecule has 23 heavy (non-hydrogen) atoms. The standard InChI is InChI=1S/C18H18ClFO3/c1-10-8-16(21)17(18(22)23-3)11(2)14(10)9-15(19)12-4-6-13(20)7-5-12/h4-8,15,21H,9H2,1-3H3. The first-order valence-corrected chi connectivity index (χ1v) is 7.58. The van der Waals surface area contributed by atoms with Gasteiger partial charge in [0.1, 0.15) is 17.1 Å². The lowest BCUT2D eigenvalue weighted by atomic mass is 9.92. The molecule has 0 bridgehead atoms. The Morgan fingerprint density at radius 2 is 1.91 bits per heavy atom. The smallest absolute Gasteiger partial charge is 0.341 e. The van der Waals surface area contributed by atoms with Gasteiger partial charge >= 0.3 is 5.97 Å². The second-order valence-electron chi connectivity index (χ2n) is 5.41. The van der Waals surface area contributed by atoms with Crippen LogP contribution in [0.3, 0.4) is 0 Å². The molecular weight excluding hydrogens is 319 g/mol. The van der Waals surface area contributed by atoms with E-state index in [0.717, 1.165) is 16.7 Å². The van der Waals surface area contributed by atoms with Crippen molar-refractivity contribution in [1.29, 1.82) is 0 Å². The Morgan fingerprint density at radius 1 is 1.30 bits per heavy atom. The van der Waals surface area contributed by atoms with Crippen molar-refractivity contribution in [2.75, 3.05) is 7.11 Å². The molecule has 2 aromatic carbocycles. The highest BCUT2D eigenvalue weighted by atomic mass is 35.5. The predicted octanol–water partition coefficient (Wildman–Crippen LogP) is 4.46. The Hall–Kier alpha value is -2.07. The van der Waals surface area contributed by atoms with Gasteiger partial charge in [-0.1, -0.05) is 12.1 Å². The summed E-state index contributed by atoms with van der Waals surface area (Å²) >= 11 is 6.44. The van der Waals surface area contributed by atoms with Crippen LogP contribution in [0, 0.1) is 19.7 Å². The summed E-state index contributed by atoms with van der Waals surface area (Å²) < 4.78 is 17.7. The molecule has 122 valence electrons. The lowest BCUT2D eigenvalue weighted by Crippen LogP contribution is -2.09.